The maximum absolute atomic E-state index is 11.7. The fraction of sp³-hybridized carbons (Fsp3) is 0.111. The van der Waals surface area contributed by atoms with Crippen molar-refractivity contribution < 1.29 is 9.59 Å². The largest absolute Gasteiger partial charge is 0.286 e. The number of benzene rings is 1. The Hall–Kier alpha value is -2.48. The first-order chi connectivity index (χ1) is 9.75. The van der Waals surface area contributed by atoms with Crippen LogP contribution in [0, 0.1) is 0 Å². The van der Waals surface area contributed by atoms with Gasteiger partial charge in [-0.2, -0.15) is 0 Å². The summed E-state index contributed by atoms with van der Waals surface area (Å²) >= 11 is 0. The third-order valence-electron chi connectivity index (χ3n) is 2.92. The van der Waals surface area contributed by atoms with Crippen molar-refractivity contribution in [1.82, 2.24) is 0 Å². The molecule has 0 spiro atoms. The normalized spacial score (nSPS) is 14.7. The second-order valence-corrected chi connectivity index (χ2v) is 4.49. The number of carbonyl (C=O) groups excluding carboxylic acids is 2. The standard InChI is InChI=1S/C18H16O2/c19-17(13-11-15-7-3-1-4-8-15)18(20)14-12-16-9-5-2-6-10-16/h1,3-5,7-14H,2,6H2/b13-11+,14-12+. The lowest BCUT2D eigenvalue weighted by atomic mass is 10.1. The monoisotopic (exact) mass is 264 g/mol. The van der Waals surface area contributed by atoms with Crippen molar-refractivity contribution in [3.05, 3.63) is 77.9 Å². The molecule has 2 rings (SSSR count). The molecular formula is C18H16O2. The molecule has 0 aliphatic heterocycles. The number of ketones is 2. The van der Waals surface area contributed by atoms with Crippen LogP contribution in [0.5, 0.6) is 0 Å². The Kier molecular flexibility index (Phi) is 5.01. The first-order valence-corrected chi connectivity index (χ1v) is 6.62. The lowest BCUT2D eigenvalue weighted by Crippen LogP contribution is -2.06. The Balaban J connectivity index is 1.94. The van der Waals surface area contributed by atoms with Crippen molar-refractivity contribution >= 4 is 17.6 Å². The Bertz CT molecular complexity index is 602. The highest BCUT2D eigenvalue weighted by Gasteiger charge is 2.05. The van der Waals surface area contributed by atoms with Gasteiger partial charge in [-0.3, -0.25) is 9.59 Å². The molecule has 0 fully saturated rings. The molecule has 20 heavy (non-hydrogen) atoms. The lowest BCUT2D eigenvalue weighted by Gasteiger charge is -1.99. The van der Waals surface area contributed by atoms with Gasteiger partial charge < -0.3 is 0 Å². The number of hydrogen-bond donors (Lipinski definition) is 0. The maximum atomic E-state index is 11.7. The first-order valence-electron chi connectivity index (χ1n) is 6.62. The molecule has 0 radical (unpaired) electrons. The molecule has 1 aliphatic rings. The third-order valence-corrected chi connectivity index (χ3v) is 2.92. The van der Waals surface area contributed by atoms with Gasteiger partial charge >= 0.3 is 0 Å². The average molecular weight is 264 g/mol. The third kappa shape index (κ3) is 4.32. The van der Waals surface area contributed by atoms with Gasteiger partial charge in [0.25, 0.3) is 0 Å². The van der Waals surface area contributed by atoms with E-state index < -0.39 is 11.6 Å². The molecular weight excluding hydrogens is 248 g/mol. The van der Waals surface area contributed by atoms with E-state index in [1.165, 1.54) is 12.2 Å². The summed E-state index contributed by atoms with van der Waals surface area (Å²) in [6.45, 7) is 0. The molecule has 0 unspecified atom stereocenters. The molecule has 1 aromatic carbocycles. The molecule has 0 bridgehead atoms. The van der Waals surface area contributed by atoms with Crippen LogP contribution in [0.1, 0.15) is 18.4 Å². The van der Waals surface area contributed by atoms with E-state index in [0.29, 0.717) is 0 Å². The summed E-state index contributed by atoms with van der Waals surface area (Å²) in [7, 11) is 0. The number of hydrogen-bond acceptors (Lipinski definition) is 2. The molecule has 2 nitrogen and oxygen atoms in total. The molecule has 100 valence electrons. The SMILES string of the molecule is O=C(/C=C/C1=CCCC=C1)C(=O)/C=C/c1ccccc1. The van der Waals surface area contributed by atoms with Crippen LogP contribution in [0.15, 0.2) is 72.4 Å². The van der Waals surface area contributed by atoms with E-state index in [1.54, 1.807) is 12.2 Å². The predicted molar refractivity (Wildman–Crippen MR) is 81.1 cm³/mol. The Labute approximate surface area is 118 Å². The Morgan fingerprint density at radius 2 is 1.60 bits per heavy atom. The van der Waals surface area contributed by atoms with Crippen molar-refractivity contribution in [1.29, 1.82) is 0 Å². The Morgan fingerprint density at radius 1 is 0.900 bits per heavy atom. The van der Waals surface area contributed by atoms with Crippen LogP contribution in [0.25, 0.3) is 6.08 Å². The van der Waals surface area contributed by atoms with Crippen molar-refractivity contribution in [2.24, 2.45) is 0 Å². The topological polar surface area (TPSA) is 34.1 Å². The van der Waals surface area contributed by atoms with Gasteiger partial charge in [0.2, 0.25) is 11.6 Å². The highest BCUT2D eigenvalue weighted by molar-refractivity contribution is 6.46. The predicted octanol–water partition coefficient (Wildman–Crippen LogP) is 3.67. The molecule has 0 amide bonds. The zero-order chi connectivity index (χ0) is 14.2. The van der Waals surface area contributed by atoms with Crippen LogP contribution >= 0.6 is 0 Å². The summed E-state index contributed by atoms with van der Waals surface area (Å²) in [5.41, 5.74) is 1.87. The van der Waals surface area contributed by atoms with Gasteiger partial charge in [0, 0.05) is 0 Å². The first kappa shape index (κ1) is 13.9. The summed E-state index contributed by atoms with van der Waals surface area (Å²) < 4.78 is 0. The summed E-state index contributed by atoms with van der Waals surface area (Å²) in [6.07, 6.45) is 14.1. The zero-order valence-electron chi connectivity index (χ0n) is 11.2. The summed E-state index contributed by atoms with van der Waals surface area (Å²) in [6, 6.07) is 9.42. The molecule has 0 heterocycles. The van der Waals surface area contributed by atoms with E-state index in [1.807, 2.05) is 42.5 Å². The highest BCUT2D eigenvalue weighted by Crippen LogP contribution is 2.10. The minimum atomic E-state index is -0.509. The quantitative estimate of drug-likeness (QED) is 0.600. The average Bonchev–Trinajstić information content (AvgIpc) is 2.52. The number of rotatable bonds is 5. The second kappa shape index (κ2) is 7.19. The highest BCUT2D eigenvalue weighted by atomic mass is 16.2. The summed E-state index contributed by atoms with van der Waals surface area (Å²) in [4.78, 5) is 23.3. The molecule has 1 aromatic rings. The molecule has 0 N–H and O–H groups in total. The van der Waals surface area contributed by atoms with E-state index in [4.69, 9.17) is 0 Å². The smallest absolute Gasteiger partial charge is 0.225 e. The van der Waals surface area contributed by atoms with E-state index in [-0.39, 0.29) is 0 Å². The van der Waals surface area contributed by atoms with Gasteiger partial charge in [-0.05, 0) is 36.1 Å². The Morgan fingerprint density at radius 3 is 2.25 bits per heavy atom. The van der Waals surface area contributed by atoms with Gasteiger partial charge in [-0.1, -0.05) is 60.7 Å². The maximum Gasteiger partial charge on any atom is 0.225 e. The van der Waals surface area contributed by atoms with Gasteiger partial charge in [-0.15, -0.1) is 0 Å². The molecule has 0 saturated carbocycles. The van der Waals surface area contributed by atoms with Crippen molar-refractivity contribution in [2.45, 2.75) is 12.8 Å². The number of allylic oxidation sites excluding steroid dienone is 7. The van der Waals surface area contributed by atoms with Crippen LogP contribution in [-0.2, 0) is 9.59 Å². The van der Waals surface area contributed by atoms with E-state index in [2.05, 4.69) is 6.08 Å². The number of carbonyl (C=O) groups is 2. The van der Waals surface area contributed by atoms with Gasteiger partial charge in [0.1, 0.15) is 0 Å². The minimum Gasteiger partial charge on any atom is -0.286 e. The molecule has 0 atom stereocenters. The van der Waals surface area contributed by atoms with Crippen LogP contribution in [0.3, 0.4) is 0 Å². The van der Waals surface area contributed by atoms with E-state index in [0.717, 1.165) is 24.0 Å². The fourth-order valence-electron chi connectivity index (χ4n) is 1.83. The molecule has 2 heteroatoms. The summed E-state index contributed by atoms with van der Waals surface area (Å²) in [5.74, 6) is -1.01. The molecule has 0 aromatic heterocycles. The summed E-state index contributed by atoms with van der Waals surface area (Å²) in [5, 5.41) is 0. The van der Waals surface area contributed by atoms with Gasteiger partial charge in [-0.25, -0.2) is 0 Å². The second-order valence-electron chi connectivity index (χ2n) is 4.49. The van der Waals surface area contributed by atoms with Crippen LogP contribution in [0.2, 0.25) is 0 Å². The van der Waals surface area contributed by atoms with Crippen LogP contribution < -0.4 is 0 Å². The molecule has 0 saturated heterocycles. The molecule has 1 aliphatic carbocycles. The van der Waals surface area contributed by atoms with Crippen molar-refractivity contribution in [3.8, 4) is 0 Å². The van der Waals surface area contributed by atoms with Gasteiger partial charge in [0.15, 0.2) is 0 Å². The zero-order valence-corrected chi connectivity index (χ0v) is 11.2. The van der Waals surface area contributed by atoms with Crippen molar-refractivity contribution in [2.75, 3.05) is 0 Å². The van der Waals surface area contributed by atoms with Crippen LogP contribution in [0.4, 0.5) is 0 Å². The van der Waals surface area contributed by atoms with Crippen LogP contribution in [-0.4, -0.2) is 11.6 Å². The fourth-order valence-corrected chi connectivity index (χ4v) is 1.83. The van der Waals surface area contributed by atoms with E-state index >= 15 is 0 Å². The minimum absolute atomic E-state index is 0.503. The lowest BCUT2D eigenvalue weighted by molar-refractivity contribution is -0.130. The van der Waals surface area contributed by atoms with Crippen molar-refractivity contribution in [3.63, 3.8) is 0 Å². The van der Waals surface area contributed by atoms with Gasteiger partial charge in [0.05, 0.1) is 0 Å². The van der Waals surface area contributed by atoms with E-state index in [9.17, 15) is 9.59 Å².